The topological polar surface area (TPSA) is 29.1 Å². The minimum absolute atomic E-state index is 0.0113. The molecule has 0 unspecified atom stereocenters. The van der Waals surface area contributed by atoms with E-state index < -0.39 is 0 Å². The van der Waals surface area contributed by atoms with Crippen molar-refractivity contribution in [1.29, 1.82) is 0 Å². The largest absolute Gasteiger partial charge is 0.325 e. The molecule has 0 saturated carbocycles. The summed E-state index contributed by atoms with van der Waals surface area (Å²) in [5.41, 5.74) is 3.96. The normalized spacial score (nSPS) is 10.5. The van der Waals surface area contributed by atoms with Crippen LogP contribution in [0.2, 0.25) is 10.0 Å². The summed E-state index contributed by atoms with van der Waals surface area (Å²) in [6.45, 7) is 3.93. The molecule has 0 bridgehead atoms. The zero-order valence-corrected chi connectivity index (χ0v) is 14.3. The highest BCUT2D eigenvalue weighted by molar-refractivity contribution is 6.34. The fourth-order valence-electron chi connectivity index (χ4n) is 2.38. The number of carbonyl (C=O) groups excluding carboxylic acids is 1. The third-order valence-corrected chi connectivity index (χ3v) is 4.03. The molecule has 4 heteroatoms. The van der Waals surface area contributed by atoms with E-state index in [9.17, 15) is 4.79 Å². The molecule has 2 aromatic rings. The molecular weight excluding hydrogens is 317 g/mol. The summed E-state index contributed by atoms with van der Waals surface area (Å²) >= 11 is 12.0. The van der Waals surface area contributed by atoms with Crippen LogP contribution in [-0.2, 0) is 11.2 Å². The Morgan fingerprint density at radius 3 is 2.41 bits per heavy atom. The van der Waals surface area contributed by atoms with Gasteiger partial charge in [-0.3, -0.25) is 4.79 Å². The van der Waals surface area contributed by atoms with Crippen LogP contribution >= 0.6 is 23.2 Å². The molecule has 0 aliphatic heterocycles. The lowest BCUT2D eigenvalue weighted by Crippen LogP contribution is -2.13. The lowest BCUT2D eigenvalue weighted by molar-refractivity contribution is -0.116. The van der Waals surface area contributed by atoms with Gasteiger partial charge in [-0.15, -0.1) is 0 Å². The van der Waals surface area contributed by atoms with E-state index in [4.69, 9.17) is 23.2 Å². The lowest BCUT2D eigenvalue weighted by atomic mass is 10.1. The average molecular weight is 336 g/mol. The number of rotatable bonds is 5. The summed E-state index contributed by atoms with van der Waals surface area (Å²) < 4.78 is 0. The van der Waals surface area contributed by atoms with Crippen molar-refractivity contribution < 1.29 is 4.79 Å². The highest BCUT2D eigenvalue weighted by Crippen LogP contribution is 2.27. The van der Waals surface area contributed by atoms with E-state index in [0.29, 0.717) is 17.1 Å². The predicted molar refractivity (Wildman–Crippen MR) is 93.9 cm³/mol. The van der Waals surface area contributed by atoms with Crippen LogP contribution in [0.5, 0.6) is 0 Å². The van der Waals surface area contributed by atoms with Crippen LogP contribution in [0.1, 0.15) is 29.5 Å². The Kier molecular flexibility index (Phi) is 5.87. The van der Waals surface area contributed by atoms with Crippen LogP contribution in [0.15, 0.2) is 36.4 Å². The fourth-order valence-corrected chi connectivity index (χ4v) is 2.87. The van der Waals surface area contributed by atoms with Gasteiger partial charge in [0.2, 0.25) is 5.91 Å². The third-order valence-electron chi connectivity index (χ3n) is 3.48. The highest BCUT2D eigenvalue weighted by atomic mass is 35.5. The summed E-state index contributed by atoms with van der Waals surface area (Å²) in [6, 6.07) is 11.6. The van der Waals surface area contributed by atoms with E-state index in [2.05, 4.69) is 5.32 Å². The number of hydrogen-bond acceptors (Lipinski definition) is 1. The van der Waals surface area contributed by atoms with Crippen LogP contribution in [0, 0.1) is 13.8 Å². The number of hydrogen-bond donors (Lipinski definition) is 1. The third kappa shape index (κ3) is 4.75. The van der Waals surface area contributed by atoms with Crippen LogP contribution in [0.25, 0.3) is 0 Å². The molecular formula is C18H19Cl2NO. The zero-order valence-electron chi connectivity index (χ0n) is 12.7. The van der Waals surface area contributed by atoms with Gasteiger partial charge in [0.05, 0.1) is 10.7 Å². The number of anilines is 1. The van der Waals surface area contributed by atoms with Gasteiger partial charge in [0.25, 0.3) is 0 Å². The minimum Gasteiger partial charge on any atom is -0.325 e. The second-order valence-electron chi connectivity index (χ2n) is 5.47. The van der Waals surface area contributed by atoms with E-state index in [1.807, 2.05) is 50.2 Å². The monoisotopic (exact) mass is 335 g/mol. The number of halogens is 2. The van der Waals surface area contributed by atoms with E-state index in [0.717, 1.165) is 29.0 Å². The van der Waals surface area contributed by atoms with Gasteiger partial charge in [-0.05, 0) is 61.6 Å². The summed E-state index contributed by atoms with van der Waals surface area (Å²) in [5.74, 6) is -0.0113. The van der Waals surface area contributed by atoms with Crippen LogP contribution in [-0.4, -0.2) is 5.91 Å². The number of carbonyl (C=O) groups is 1. The SMILES string of the molecule is Cc1cc(C)c(NC(=O)CCCc2ccc(Cl)cc2)c(Cl)c1. The molecule has 116 valence electrons. The van der Waals surface area contributed by atoms with E-state index in [-0.39, 0.29) is 5.91 Å². The van der Waals surface area contributed by atoms with Crippen molar-refractivity contribution in [1.82, 2.24) is 0 Å². The first-order chi connectivity index (χ1) is 10.5. The standard InChI is InChI=1S/C18H19Cl2NO/c1-12-10-13(2)18(16(20)11-12)21-17(22)5-3-4-14-6-8-15(19)9-7-14/h6-11H,3-5H2,1-2H3,(H,21,22). The number of benzene rings is 2. The van der Waals surface area contributed by atoms with Gasteiger partial charge in [0, 0.05) is 11.4 Å². The first-order valence-corrected chi connectivity index (χ1v) is 8.02. The van der Waals surface area contributed by atoms with Crippen LogP contribution in [0.4, 0.5) is 5.69 Å². The minimum atomic E-state index is -0.0113. The molecule has 2 rings (SSSR count). The van der Waals surface area contributed by atoms with Crippen molar-refractivity contribution in [2.45, 2.75) is 33.1 Å². The fraction of sp³-hybridized carbons (Fsp3) is 0.278. The Bertz CT molecular complexity index is 642. The number of amides is 1. The molecule has 0 fully saturated rings. The van der Waals surface area contributed by atoms with Gasteiger partial charge < -0.3 is 5.32 Å². The Balaban J connectivity index is 1.87. The molecule has 0 heterocycles. The van der Waals surface area contributed by atoms with E-state index in [1.54, 1.807) is 0 Å². The summed E-state index contributed by atoms with van der Waals surface area (Å²) in [7, 11) is 0. The maximum Gasteiger partial charge on any atom is 0.224 e. The van der Waals surface area contributed by atoms with Gasteiger partial charge in [0.1, 0.15) is 0 Å². The summed E-state index contributed by atoms with van der Waals surface area (Å²) in [6.07, 6.45) is 2.10. The second kappa shape index (κ2) is 7.66. The Morgan fingerprint density at radius 1 is 1.09 bits per heavy atom. The van der Waals surface area contributed by atoms with Crippen LogP contribution < -0.4 is 5.32 Å². The Hall–Kier alpha value is -1.51. The molecule has 22 heavy (non-hydrogen) atoms. The Morgan fingerprint density at radius 2 is 1.77 bits per heavy atom. The quantitative estimate of drug-likeness (QED) is 0.760. The molecule has 2 nitrogen and oxygen atoms in total. The van der Waals surface area contributed by atoms with Crippen molar-refractivity contribution >= 4 is 34.8 Å². The van der Waals surface area contributed by atoms with Gasteiger partial charge in [-0.2, -0.15) is 0 Å². The first-order valence-electron chi connectivity index (χ1n) is 7.27. The smallest absolute Gasteiger partial charge is 0.224 e. The molecule has 0 aliphatic rings. The highest BCUT2D eigenvalue weighted by Gasteiger charge is 2.09. The van der Waals surface area contributed by atoms with Crippen molar-refractivity contribution in [2.24, 2.45) is 0 Å². The maximum absolute atomic E-state index is 12.1. The number of aryl methyl sites for hydroxylation is 3. The van der Waals surface area contributed by atoms with Gasteiger partial charge in [-0.25, -0.2) is 0 Å². The lowest BCUT2D eigenvalue weighted by Gasteiger charge is -2.11. The Labute approximate surface area is 141 Å². The molecule has 0 aliphatic carbocycles. The summed E-state index contributed by atoms with van der Waals surface area (Å²) in [5, 5.41) is 4.22. The molecule has 1 amide bonds. The van der Waals surface area contributed by atoms with Crippen LogP contribution in [0.3, 0.4) is 0 Å². The predicted octanol–water partition coefficient (Wildman–Crippen LogP) is 5.57. The zero-order chi connectivity index (χ0) is 16.1. The average Bonchev–Trinajstić information content (AvgIpc) is 2.45. The molecule has 0 radical (unpaired) electrons. The van der Waals surface area contributed by atoms with Crippen molar-refractivity contribution in [3.63, 3.8) is 0 Å². The van der Waals surface area contributed by atoms with Gasteiger partial charge in [-0.1, -0.05) is 41.4 Å². The number of nitrogens with one attached hydrogen (secondary N) is 1. The molecule has 2 aromatic carbocycles. The van der Waals surface area contributed by atoms with Crippen molar-refractivity contribution in [2.75, 3.05) is 5.32 Å². The molecule has 0 saturated heterocycles. The summed E-state index contributed by atoms with van der Waals surface area (Å²) in [4.78, 5) is 12.1. The van der Waals surface area contributed by atoms with Gasteiger partial charge in [0.15, 0.2) is 0 Å². The van der Waals surface area contributed by atoms with E-state index in [1.165, 1.54) is 5.56 Å². The maximum atomic E-state index is 12.1. The second-order valence-corrected chi connectivity index (χ2v) is 6.31. The molecule has 0 spiro atoms. The van der Waals surface area contributed by atoms with Crippen molar-refractivity contribution in [3.05, 3.63) is 63.1 Å². The van der Waals surface area contributed by atoms with Gasteiger partial charge >= 0.3 is 0 Å². The molecule has 0 aromatic heterocycles. The molecule has 0 atom stereocenters. The molecule has 1 N–H and O–H groups in total. The first kappa shape index (κ1) is 16.9. The van der Waals surface area contributed by atoms with E-state index >= 15 is 0 Å². The van der Waals surface area contributed by atoms with Crippen molar-refractivity contribution in [3.8, 4) is 0 Å².